The maximum absolute atomic E-state index is 13.7. The SMILES string of the molecule is CCOc1ccccc1N(CCCC(=O)N(Cc1ccccc1)C(Cc1ccccc1)C(=O)NC)S(C)(=O)=O. The van der Waals surface area contributed by atoms with Gasteiger partial charge in [-0.15, -0.1) is 0 Å². The van der Waals surface area contributed by atoms with Crippen molar-refractivity contribution in [1.29, 1.82) is 0 Å². The van der Waals surface area contributed by atoms with E-state index in [-0.39, 0.29) is 37.7 Å². The molecule has 0 heterocycles. The number of carbonyl (C=O) groups is 2. The molecule has 0 fully saturated rings. The van der Waals surface area contributed by atoms with E-state index in [0.717, 1.165) is 17.4 Å². The van der Waals surface area contributed by atoms with Gasteiger partial charge in [0.1, 0.15) is 11.8 Å². The van der Waals surface area contributed by atoms with E-state index in [1.165, 1.54) is 4.31 Å². The van der Waals surface area contributed by atoms with Crippen LogP contribution in [0.15, 0.2) is 84.9 Å². The Morgan fingerprint density at radius 1 is 0.897 bits per heavy atom. The largest absolute Gasteiger partial charge is 0.492 e. The molecule has 0 radical (unpaired) electrons. The molecule has 208 valence electrons. The number of rotatable bonds is 14. The smallest absolute Gasteiger partial charge is 0.242 e. The number of hydrogen-bond donors (Lipinski definition) is 1. The van der Waals surface area contributed by atoms with E-state index in [4.69, 9.17) is 4.74 Å². The zero-order valence-electron chi connectivity index (χ0n) is 22.7. The molecule has 39 heavy (non-hydrogen) atoms. The molecule has 0 aliphatic carbocycles. The van der Waals surface area contributed by atoms with Gasteiger partial charge in [-0.1, -0.05) is 72.8 Å². The van der Waals surface area contributed by atoms with Crippen molar-refractivity contribution < 1.29 is 22.7 Å². The van der Waals surface area contributed by atoms with E-state index in [2.05, 4.69) is 5.32 Å². The molecular weight excluding hydrogens is 514 g/mol. The van der Waals surface area contributed by atoms with E-state index in [1.54, 1.807) is 36.2 Å². The number of carbonyl (C=O) groups excluding carboxylic acids is 2. The van der Waals surface area contributed by atoms with Crippen LogP contribution in [-0.4, -0.2) is 57.6 Å². The Hall–Kier alpha value is -3.85. The van der Waals surface area contributed by atoms with Crippen molar-refractivity contribution in [3.05, 3.63) is 96.1 Å². The van der Waals surface area contributed by atoms with Gasteiger partial charge in [0.05, 0.1) is 18.6 Å². The molecule has 0 bridgehead atoms. The number of para-hydroxylation sites is 2. The lowest BCUT2D eigenvalue weighted by Crippen LogP contribution is -2.49. The minimum absolute atomic E-state index is 0.0674. The van der Waals surface area contributed by atoms with Crippen molar-refractivity contribution in [1.82, 2.24) is 10.2 Å². The maximum atomic E-state index is 13.7. The second-order valence-electron chi connectivity index (χ2n) is 9.17. The van der Waals surface area contributed by atoms with E-state index < -0.39 is 16.1 Å². The monoisotopic (exact) mass is 551 g/mol. The normalized spacial score (nSPS) is 11.9. The minimum Gasteiger partial charge on any atom is -0.492 e. The Balaban J connectivity index is 1.84. The van der Waals surface area contributed by atoms with Crippen molar-refractivity contribution in [2.24, 2.45) is 0 Å². The molecule has 3 aromatic carbocycles. The van der Waals surface area contributed by atoms with Crippen molar-refractivity contribution in [3.63, 3.8) is 0 Å². The lowest BCUT2D eigenvalue weighted by molar-refractivity contribution is -0.141. The Labute approximate surface area is 231 Å². The number of nitrogens with zero attached hydrogens (tertiary/aromatic N) is 2. The number of amides is 2. The summed E-state index contributed by atoms with van der Waals surface area (Å²) >= 11 is 0. The first-order valence-electron chi connectivity index (χ1n) is 13.0. The molecule has 1 N–H and O–H groups in total. The molecule has 1 atom stereocenters. The van der Waals surface area contributed by atoms with Crippen LogP contribution in [-0.2, 0) is 32.6 Å². The van der Waals surface area contributed by atoms with Gasteiger partial charge in [0.15, 0.2) is 0 Å². The predicted molar refractivity (Wildman–Crippen MR) is 154 cm³/mol. The number of benzene rings is 3. The van der Waals surface area contributed by atoms with Crippen LogP contribution in [0.1, 0.15) is 30.9 Å². The van der Waals surface area contributed by atoms with Crippen LogP contribution in [0.3, 0.4) is 0 Å². The topological polar surface area (TPSA) is 96.0 Å². The van der Waals surface area contributed by atoms with Gasteiger partial charge in [-0.3, -0.25) is 13.9 Å². The first-order valence-corrected chi connectivity index (χ1v) is 14.9. The fraction of sp³-hybridized carbons (Fsp3) is 0.333. The molecule has 0 saturated heterocycles. The lowest BCUT2D eigenvalue weighted by Gasteiger charge is -2.31. The molecule has 9 heteroatoms. The van der Waals surface area contributed by atoms with Crippen LogP contribution in [0.4, 0.5) is 5.69 Å². The summed E-state index contributed by atoms with van der Waals surface area (Å²) in [4.78, 5) is 28.3. The third-order valence-corrected chi connectivity index (χ3v) is 7.48. The van der Waals surface area contributed by atoms with Crippen molar-refractivity contribution in [3.8, 4) is 5.75 Å². The predicted octanol–water partition coefficient (Wildman–Crippen LogP) is 4.02. The highest BCUT2D eigenvalue weighted by atomic mass is 32.2. The van der Waals surface area contributed by atoms with Crippen LogP contribution in [0.5, 0.6) is 5.75 Å². The van der Waals surface area contributed by atoms with Crippen LogP contribution in [0.2, 0.25) is 0 Å². The summed E-state index contributed by atoms with van der Waals surface area (Å²) in [5.74, 6) is -0.0218. The third-order valence-electron chi connectivity index (χ3n) is 6.30. The summed E-state index contributed by atoms with van der Waals surface area (Å²) in [6, 6.07) is 25.3. The van der Waals surface area contributed by atoms with Gasteiger partial charge >= 0.3 is 0 Å². The molecular formula is C30H37N3O5S. The standard InChI is InChI=1S/C30H37N3O5S/c1-4-38-28-19-12-11-18-26(28)33(39(3,36)37)21-13-20-29(34)32(23-25-16-9-6-10-17-25)27(30(35)31-2)22-24-14-7-5-8-15-24/h5-12,14-19,27H,4,13,20-23H2,1-3H3,(H,31,35). The zero-order chi connectivity index (χ0) is 28.3. The van der Waals surface area contributed by atoms with Gasteiger partial charge in [0, 0.05) is 33.0 Å². The third kappa shape index (κ3) is 8.58. The molecule has 8 nitrogen and oxygen atoms in total. The second-order valence-corrected chi connectivity index (χ2v) is 11.1. The van der Waals surface area contributed by atoms with Crippen molar-refractivity contribution in [2.75, 3.05) is 30.8 Å². The van der Waals surface area contributed by atoms with Gasteiger partial charge in [-0.05, 0) is 36.6 Å². The Morgan fingerprint density at radius 2 is 1.49 bits per heavy atom. The highest BCUT2D eigenvalue weighted by Crippen LogP contribution is 2.30. The fourth-order valence-corrected chi connectivity index (χ4v) is 5.39. The summed E-state index contributed by atoms with van der Waals surface area (Å²) in [5.41, 5.74) is 2.27. The van der Waals surface area contributed by atoms with Crippen molar-refractivity contribution >= 4 is 27.5 Å². The van der Waals surface area contributed by atoms with Gasteiger partial charge < -0.3 is 15.0 Å². The number of anilines is 1. The molecule has 3 aromatic rings. The molecule has 0 saturated carbocycles. The molecule has 3 rings (SSSR count). The summed E-state index contributed by atoms with van der Waals surface area (Å²) < 4.78 is 32.3. The summed E-state index contributed by atoms with van der Waals surface area (Å²) in [6.07, 6.45) is 1.83. The molecule has 1 unspecified atom stereocenters. The maximum Gasteiger partial charge on any atom is 0.242 e. The zero-order valence-corrected chi connectivity index (χ0v) is 23.6. The minimum atomic E-state index is -3.64. The summed E-state index contributed by atoms with van der Waals surface area (Å²) in [5, 5.41) is 2.71. The lowest BCUT2D eigenvalue weighted by atomic mass is 10.0. The van der Waals surface area contributed by atoms with E-state index in [0.29, 0.717) is 24.5 Å². The molecule has 0 aliphatic rings. The van der Waals surface area contributed by atoms with E-state index in [1.807, 2.05) is 67.6 Å². The van der Waals surface area contributed by atoms with Crippen LogP contribution in [0, 0.1) is 0 Å². The van der Waals surface area contributed by atoms with Gasteiger partial charge in [-0.2, -0.15) is 0 Å². The Bertz CT molecular complexity index is 1320. The van der Waals surface area contributed by atoms with Crippen molar-refractivity contribution in [2.45, 2.75) is 38.8 Å². The first kappa shape index (κ1) is 29.7. The highest BCUT2D eigenvalue weighted by Gasteiger charge is 2.30. The summed E-state index contributed by atoms with van der Waals surface area (Å²) in [7, 11) is -2.07. The average Bonchev–Trinajstić information content (AvgIpc) is 2.93. The van der Waals surface area contributed by atoms with Crippen LogP contribution < -0.4 is 14.4 Å². The molecule has 0 aliphatic heterocycles. The molecule has 0 spiro atoms. The van der Waals surface area contributed by atoms with E-state index >= 15 is 0 Å². The number of sulfonamides is 1. The van der Waals surface area contributed by atoms with E-state index in [9.17, 15) is 18.0 Å². The molecule has 0 aromatic heterocycles. The van der Waals surface area contributed by atoms with Crippen LogP contribution in [0.25, 0.3) is 0 Å². The average molecular weight is 552 g/mol. The van der Waals surface area contributed by atoms with Gasteiger partial charge in [-0.25, -0.2) is 8.42 Å². The molecule has 2 amide bonds. The number of hydrogen-bond acceptors (Lipinski definition) is 5. The Morgan fingerprint density at radius 3 is 2.08 bits per heavy atom. The summed E-state index contributed by atoms with van der Waals surface area (Å²) in [6.45, 7) is 2.58. The number of nitrogens with one attached hydrogen (secondary N) is 1. The van der Waals surface area contributed by atoms with Crippen LogP contribution >= 0.6 is 0 Å². The fourth-order valence-electron chi connectivity index (χ4n) is 4.42. The first-order chi connectivity index (χ1) is 18.7. The number of likely N-dealkylation sites (N-methyl/N-ethyl adjacent to an activating group) is 1. The quantitative estimate of drug-likeness (QED) is 0.327. The highest BCUT2D eigenvalue weighted by molar-refractivity contribution is 7.92. The second kappa shape index (κ2) is 14.3. The van der Waals surface area contributed by atoms with Gasteiger partial charge in [0.25, 0.3) is 0 Å². The number of ether oxygens (including phenoxy) is 1. The van der Waals surface area contributed by atoms with Gasteiger partial charge in [0.2, 0.25) is 21.8 Å². The Kier molecular flexibility index (Phi) is 10.9.